The Morgan fingerprint density at radius 2 is 1.77 bits per heavy atom. The summed E-state index contributed by atoms with van der Waals surface area (Å²) in [5, 5.41) is 29.6. The molecule has 1 saturated carbocycles. The van der Waals surface area contributed by atoms with E-state index in [1.54, 1.807) is 43.3 Å². The molecule has 17 heteroatoms. The van der Waals surface area contributed by atoms with Gasteiger partial charge in [0.05, 0.1) is 29.9 Å². The first kappa shape index (κ1) is 48.3. The summed E-state index contributed by atoms with van der Waals surface area (Å²) in [5.41, 5.74) is 8.09. The molecule has 1 atom stereocenters. The molecule has 15 nitrogen and oxygen atoms in total. The van der Waals surface area contributed by atoms with E-state index in [1.165, 1.54) is 11.4 Å². The van der Waals surface area contributed by atoms with E-state index in [0.717, 1.165) is 156 Å². The van der Waals surface area contributed by atoms with E-state index in [9.17, 15) is 18.8 Å². The number of benzene rings is 2. The fraction of sp³-hybridized carbons (Fsp3) is 0.526. The third-order valence-corrected chi connectivity index (χ3v) is 17.6. The van der Waals surface area contributed by atoms with Crippen LogP contribution in [0.4, 0.5) is 31.8 Å². The van der Waals surface area contributed by atoms with Crippen molar-refractivity contribution in [1.29, 1.82) is 5.26 Å². The Kier molecular flexibility index (Phi) is 13.0. The molecule has 1 aliphatic carbocycles. The van der Waals surface area contributed by atoms with Gasteiger partial charge in [-0.05, 0) is 142 Å². The van der Waals surface area contributed by atoms with E-state index in [1.807, 2.05) is 29.2 Å². The predicted octanol–water partition coefficient (Wildman–Crippen LogP) is 9.58. The van der Waals surface area contributed by atoms with Crippen LogP contribution in [-0.4, -0.2) is 115 Å². The van der Waals surface area contributed by atoms with Crippen molar-refractivity contribution in [2.45, 2.75) is 122 Å². The van der Waals surface area contributed by atoms with E-state index in [4.69, 9.17) is 9.84 Å². The molecular formula is C57H67F2N13O2. The van der Waals surface area contributed by atoms with E-state index >= 15 is 0 Å². The van der Waals surface area contributed by atoms with Crippen LogP contribution in [0.25, 0.3) is 22.0 Å². The third-order valence-electron chi connectivity index (χ3n) is 17.6. The fourth-order valence-corrected chi connectivity index (χ4v) is 13.6. The number of alkyl halides is 2. The molecule has 5 aliphatic heterocycles. The van der Waals surface area contributed by atoms with Crippen LogP contribution >= 0.6 is 0 Å². The maximum absolute atomic E-state index is 14.8. The molecule has 4 aromatic heterocycles. The van der Waals surface area contributed by atoms with Crippen molar-refractivity contribution >= 4 is 39.8 Å². The number of nitriles is 1. The summed E-state index contributed by atoms with van der Waals surface area (Å²) < 4.78 is 40.0. The molecule has 0 radical (unpaired) electrons. The monoisotopic (exact) mass is 1000 g/mol. The zero-order valence-corrected chi connectivity index (χ0v) is 43.0. The Labute approximate surface area is 432 Å². The lowest BCUT2D eigenvalue weighted by molar-refractivity contribution is -0.129. The lowest BCUT2D eigenvalue weighted by Gasteiger charge is -2.39. The van der Waals surface area contributed by atoms with Gasteiger partial charge in [0.1, 0.15) is 12.2 Å². The zero-order valence-electron chi connectivity index (χ0n) is 43.0. The number of aryl methyl sites for hydroxylation is 2. The van der Waals surface area contributed by atoms with Gasteiger partial charge in [-0.2, -0.15) is 15.5 Å². The molecule has 386 valence electrons. The van der Waals surface area contributed by atoms with E-state index in [2.05, 4.69) is 75.8 Å². The van der Waals surface area contributed by atoms with Crippen LogP contribution in [0.3, 0.4) is 0 Å². The second kappa shape index (κ2) is 19.9. The maximum atomic E-state index is 14.8. The van der Waals surface area contributed by atoms with Gasteiger partial charge in [0, 0.05) is 136 Å². The average molecular weight is 1000 g/mol. The first-order valence-corrected chi connectivity index (χ1v) is 27.1. The largest absolute Gasteiger partial charge is 0.473 e. The number of hydrogen-bond acceptors (Lipinski definition) is 12. The van der Waals surface area contributed by atoms with Crippen molar-refractivity contribution in [1.82, 2.24) is 44.5 Å². The molecule has 1 amide bonds. The van der Waals surface area contributed by atoms with Crippen LogP contribution in [0.2, 0.25) is 0 Å². The molecule has 1 spiro atoms. The Bertz CT molecular complexity index is 3070. The van der Waals surface area contributed by atoms with Crippen molar-refractivity contribution in [2.24, 2.45) is 18.4 Å². The van der Waals surface area contributed by atoms with Crippen molar-refractivity contribution in [3.8, 4) is 23.1 Å². The Hall–Kier alpha value is -6.67. The minimum atomic E-state index is -2.65. The molecule has 0 bridgehead atoms. The molecule has 2 aromatic carbocycles. The zero-order chi connectivity index (χ0) is 50.7. The lowest BCUT2D eigenvalue weighted by Crippen LogP contribution is -2.42. The first-order chi connectivity index (χ1) is 36.0. The fourth-order valence-electron chi connectivity index (χ4n) is 13.6. The summed E-state index contributed by atoms with van der Waals surface area (Å²) in [4.78, 5) is 28.9. The Morgan fingerprint density at radius 1 is 0.946 bits per heavy atom. The summed E-state index contributed by atoms with van der Waals surface area (Å²) in [6.45, 7) is 11.7. The lowest BCUT2D eigenvalue weighted by atomic mass is 9.77. The predicted molar refractivity (Wildman–Crippen MR) is 281 cm³/mol. The summed E-state index contributed by atoms with van der Waals surface area (Å²) in [7, 11) is 1.80. The Balaban J connectivity index is 0.636. The molecule has 4 fully saturated rings. The highest BCUT2D eigenvalue weighted by atomic mass is 19.3. The van der Waals surface area contributed by atoms with Crippen molar-refractivity contribution in [2.75, 3.05) is 67.1 Å². The number of amides is 1. The highest BCUT2D eigenvalue weighted by Gasteiger charge is 2.45. The van der Waals surface area contributed by atoms with Gasteiger partial charge in [-0.25, -0.2) is 8.78 Å². The number of pyridine rings is 1. The molecule has 0 unspecified atom stereocenters. The molecule has 6 aliphatic rings. The van der Waals surface area contributed by atoms with Gasteiger partial charge in [-0.3, -0.25) is 19.1 Å². The van der Waals surface area contributed by atoms with E-state index < -0.39 is 6.43 Å². The minimum absolute atomic E-state index is 0.00133. The standard InChI is InChI=1S/C57H67F2N13O2/c1-37-30-57(36-71(37)49-13-10-41(31-60)54-45(49)7-4-21-61-54)19-26-68(27-20-57)52-14-15-53(64-63-52)74-44-16-23-67(24-17-44)33-39-8-11-43(12-9-39)72-50-18-25-69(38(2)73)35-48(50)56(65-72)70-22-5-6-40-28-46(42-32-62-66(3)34-42)47(55(58)59)29-51(40)70/h4,7,10,13-15,21,28-29,32,34,37,39,43-44,55H,5-6,8-9,11-12,16-20,22-27,30,33,35-36H2,1-3H3/t37-,39?,43?/m0/s1. The second-order valence-corrected chi connectivity index (χ2v) is 22.2. The highest BCUT2D eigenvalue weighted by Crippen LogP contribution is 2.48. The van der Waals surface area contributed by atoms with Gasteiger partial charge in [0.15, 0.2) is 11.6 Å². The Morgan fingerprint density at radius 3 is 2.50 bits per heavy atom. The molecular weight excluding hydrogens is 937 g/mol. The van der Waals surface area contributed by atoms with Gasteiger partial charge in [0.2, 0.25) is 11.8 Å². The molecule has 0 N–H and O–H groups in total. The number of halogens is 2. The van der Waals surface area contributed by atoms with Crippen LogP contribution in [0.1, 0.15) is 118 Å². The van der Waals surface area contributed by atoms with Gasteiger partial charge in [-0.15, -0.1) is 10.2 Å². The number of carbonyl (C=O) groups excluding carboxylic acids is 1. The van der Waals surface area contributed by atoms with Crippen molar-refractivity contribution < 1.29 is 18.3 Å². The number of piperidine rings is 2. The first-order valence-electron chi connectivity index (χ1n) is 27.1. The molecule has 74 heavy (non-hydrogen) atoms. The quantitative estimate of drug-likeness (QED) is 0.129. The summed E-state index contributed by atoms with van der Waals surface area (Å²) in [6, 6.07) is 18.7. The van der Waals surface area contributed by atoms with Gasteiger partial charge in [0.25, 0.3) is 6.43 Å². The molecule has 12 rings (SSSR count). The number of ether oxygens (including phenoxy) is 1. The topological polar surface area (TPSA) is 141 Å². The maximum Gasteiger partial charge on any atom is 0.264 e. The van der Waals surface area contributed by atoms with E-state index in [-0.39, 0.29) is 29.0 Å². The van der Waals surface area contributed by atoms with Gasteiger partial charge in [-0.1, -0.05) is 0 Å². The summed E-state index contributed by atoms with van der Waals surface area (Å²) in [6.07, 6.45) is 14.7. The number of rotatable bonds is 10. The summed E-state index contributed by atoms with van der Waals surface area (Å²) in [5.74, 6) is 2.96. The number of hydrogen-bond donors (Lipinski definition) is 0. The van der Waals surface area contributed by atoms with Gasteiger partial charge < -0.3 is 29.2 Å². The average Bonchev–Trinajstić information content (AvgIpc) is 4.14. The second-order valence-electron chi connectivity index (χ2n) is 22.2. The van der Waals surface area contributed by atoms with Crippen LogP contribution < -0.4 is 19.4 Å². The molecule has 6 aromatic rings. The third kappa shape index (κ3) is 9.21. The van der Waals surface area contributed by atoms with Crippen molar-refractivity contribution in [3.63, 3.8) is 0 Å². The van der Waals surface area contributed by atoms with Crippen LogP contribution in [0.5, 0.6) is 5.88 Å². The summed E-state index contributed by atoms with van der Waals surface area (Å²) >= 11 is 0. The highest BCUT2D eigenvalue weighted by molar-refractivity contribution is 5.95. The SMILES string of the molecule is CC(=O)N1CCc2c(c(N3CCCc4cc(-c5cnn(C)c5)c(C(F)F)cc43)nn2C2CCC(CN3CCC(Oc4ccc(N5CCC6(CC5)C[C@H](C)N(c5ccc(C#N)c7ncccc57)C6)nn4)CC3)CC2)C1. The molecule has 3 saturated heterocycles. The number of fused-ring (bicyclic) bond motifs is 3. The van der Waals surface area contributed by atoms with Crippen LogP contribution in [0, 0.1) is 22.7 Å². The number of aromatic nitrogens is 7. The number of carbonyl (C=O) groups is 1. The normalized spacial score (nSPS) is 22.4. The van der Waals surface area contributed by atoms with E-state index in [0.29, 0.717) is 54.2 Å². The number of nitrogens with zero attached hydrogens (tertiary/aromatic N) is 13. The van der Waals surface area contributed by atoms with Crippen molar-refractivity contribution in [3.05, 3.63) is 95.1 Å². The molecule has 9 heterocycles. The van der Waals surface area contributed by atoms with Crippen LogP contribution in [0.15, 0.2) is 67.1 Å². The smallest absolute Gasteiger partial charge is 0.264 e. The number of likely N-dealkylation sites (tertiary alicyclic amines) is 1. The van der Waals surface area contributed by atoms with Gasteiger partial charge >= 0.3 is 0 Å². The minimum Gasteiger partial charge on any atom is -0.473 e. The number of anilines is 4. The van der Waals surface area contributed by atoms with Crippen LogP contribution in [-0.2, 0) is 31.2 Å².